The number of benzene rings is 3. The lowest BCUT2D eigenvalue weighted by molar-refractivity contribution is -0.145. The van der Waals surface area contributed by atoms with Crippen molar-refractivity contribution in [3.63, 3.8) is 0 Å². The number of aromatic nitrogens is 1. The van der Waals surface area contributed by atoms with Gasteiger partial charge < -0.3 is 9.47 Å². The second-order valence-electron chi connectivity index (χ2n) is 7.54. The second kappa shape index (κ2) is 11.9. The van der Waals surface area contributed by atoms with Gasteiger partial charge in [-0.15, -0.1) is 0 Å². The molecule has 0 saturated heterocycles. The van der Waals surface area contributed by atoms with Gasteiger partial charge in [-0.25, -0.2) is 15.2 Å². The van der Waals surface area contributed by atoms with Gasteiger partial charge in [0.1, 0.15) is 5.75 Å². The highest BCUT2D eigenvalue weighted by molar-refractivity contribution is 9.11. The molecule has 0 fully saturated rings. The number of ether oxygens (including phenoxy) is 2. The average molecular weight is 611 g/mol. The number of nitrogens with zero attached hydrogens (tertiary/aromatic N) is 2. The van der Waals surface area contributed by atoms with Crippen LogP contribution < -0.4 is 10.2 Å². The van der Waals surface area contributed by atoms with Gasteiger partial charge in [0.25, 0.3) is 5.91 Å². The molecule has 1 amide bonds. The summed E-state index contributed by atoms with van der Waals surface area (Å²) in [6, 6.07) is 22.5. The van der Waals surface area contributed by atoms with E-state index in [0.29, 0.717) is 31.5 Å². The Kier molecular flexibility index (Phi) is 8.45. The van der Waals surface area contributed by atoms with E-state index in [-0.39, 0.29) is 19.1 Å². The van der Waals surface area contributed by atoms with E-state index in [1.54, 1.807) is 25.1 Å². The summed E-state index contributed by atoms with van der Waals surface area (Å²) in [5.41, 5.74) is 6.12. The number of amides is 1. The average Bonchev–Trinajstić information content (AvgIpc) is 2.88. The van der Waals surface area contributed by atoms with E-state index in [1.807, 2.05) is 54.6 Å². The van der Waals surface area contributed by atoms with Crippen LogP contribution in [-0.4, -0.2) is 36.3 Å². The molecule has 0 aliphatic carbocycles. The van der Waals surface area contributed by atoms with Crippen molar-refractivity contribution in [3.8, 4) is 17.0 Å². The summed E-state index contributed by atoms with van der Waals surface area (Å²) in [5.74, 6) is -0.348. The van der Waals surface area contributed by atoms with Crippen LogP contribution >= 0.6 is 31.9 Å². The minimum absolute atomic E-state index is 0.209. The third-order valence-electron chi connectivity index (χ3n) is 5.07. The van der Waals surface area contributed by atoms with Crippen molar-refractivity contribution in [3.05, 3.63) is 92.9 Å². The number of esters is 1. The molecule has 0 atom stereocenters. The Morgan fingerprint density at radius 3 is 2.42 bits per heavy atom. The molecule has 1 heterocycles. The summed E-state index contributed by atoms with van der Waals surface area (Å²) < 4.78 is 11.6. The molecule has 182 valence electrons. The molecule has 0 saturated carbocycles. The molecular formula is C27H21Br2N3O4. The predicted octanol–water partition coefficient (Wildman–Crippen LogP) is 6.13. The van der Waals surface area contributed by atoms with E-state index in [4.69, 9.17) is 14.5 Å². The minimum atomic E-state index is -0.455. The third-order valence-corrected chi connectivity index (χ3v) is 6.25. The molecule has 7 nitrogen and oxygen atoms in total. The fraction of sp³-hybridized carbons (Fsp3) is 0.111. The molecular weight excluding hydrogens is 590 g/mol. The molecule has 0 bridgehead atoms. The monoisotopic (exact) mass is 609 g/mol. The van der Waals surface area contributed by atoms with Gasteiger partial charge in [-0.05, 0) is 68.6 Å². The molecule has 0 aliphatic rings. The maximum Gasteiger partial charge on any atom is 0.344 e. The van der Waals surface area contributed by atoms with Gasteiger partial charge in [-0.3, -0.25) is 4.79 Å². The molecule has 9 heteroatoms. The van der Waals surface area contributed by atoms with E-state index in [1.165, 1.54) is 6.21 Å². The number of fused-ring (bicyclic) bond motifs is 1. The Morgan fingerprint density at radius 2 is 1.69 bits per heavy atom. The summed E-state index contributed by atoms with van der Waals surface area (Å²) in [4.78, 5) is 29.4. The van der Waals surface area contributed by atoms with Crippen LogP contribution in [0.5, 0.6) is 5.75 Å². The van der Waals surface area contributed by atoms with E-state index in [9.17, 15) is 9.59 Å². The van der Waals surface area contributed by atoms with Crippen LogP contribution in [0, 0.1) is 0 Å². The Balaban J connectivity index is 1.53. The van der Waals surface area contributed by atoms with Crippen molar-refractivity contribution in [1.29, 1.82) is 0 Å². The molecule has 0 radical (unpaired) electrons. The number of rotatable bonds is 8. The summed E-state index contributed by atoms with van der Waals surface area (Å²) in [5, 5.41) is 4.87. The van der Waals surface area contributed by atoms with Gasteiger partial charge in [-0.2, -0.15) is 5.10 Å². The third kappa shape index (κ3) is 6.16. The Hall–Kier alpha value is -3.56. The molecule has 3 aromatic carbocycles. The Bertz CT molecular complexity index is 1420. The molecule has 1 N–H and O–H groups in total. The first-order valence-corrected chi connectivity index (χ1v) is 12.6. The summed E-state index contributed by atoms with van der Waals surface area (Å²) in [6.07, 6.45) is 1.52. The van der Waals surface area contributed by atoms with E-state index in [2.05, 4.69) is 42.4 Å². The fourth-order valence-corrected chi connectivity index (χ4v) is 4.92. The predicted molar refractivity (Wildman–Crippen MR) is 146 cm³/mol. The first-order valence-electron chi connectivity index (χ1n) is 11.0. The zero-order valence-electron chi connectivity index (χ0n) is 19.2. The lowest BCUT2D eigenvalue weighted by atomic mass is 10.0. The quantitative estimate of drug-likeness (QED) is 0.147. The smallest absolute Gasteiger partial charge is 0.344 e. The van der Waals surface area contributed by atoms with Crippen LogP contribution in [0.2, 0.25) is 0 Å². The van der Waals surface area contributed by atoms with Crippen LogP contribution in [0.1, 0.15) is 22.8 Å². The zero-order chi connectivity index (χ0) is 25.5. The van der Waals surface area contributed by atoms with Gasteiger partial charge in [0.15, 0.2) is 6.61 Å². The highest BCUT2D eigenvalue weighted by Gasteiger charge is 2.14. The first kappa shape index (κ1) is 25.5. The number of pyridine rings is 1. The summed E-state index contributed by atoms with van der Waals surface area (Å²) in [6.45, 7) is 1.81. The SMILES string of the molecule is CCOC(=O)COc1c(Br)cc(/C=N/NC(=O)c2cc(-c3ccccc3)nc3ccccc23)cc1Br. The van der Waals surface area contributed by atoms with E-state index in [0.717, 1.165) is 16.5 Å². The lowest BCUT2D eigenvalue weighted by Crippen LogP contribution is -2.18. The molecule has 0 unspecified atom stereocenters. The number of para-hydroxylation sites is 1. The minimum Gasteiger partial charge on any atom is -0.480 e. The topological polar surface area (TPSA) is 89.9 Å². The number of carbonyl (C=O) groups excluding carboxylic acids is 2. The van der Waals surface area contributed by atoms with Crippen LogP contribution in [0.3, 0.4) is 0 Å². The number of carbonyl (C=O) groups is 2. The van der Waals surface area contributed by atoms with E-state index >= 15 is 0 Å². The number of hydrogen-bond donors (Lipinski definition) is 1. The maximum atomic E-state index is 13.1. The molecule has 4 aromatic rings. The Morgan fingerprint density at radius 1 is 1.00 bits per heavy atom. The summed E-state index contributed by atoms with van der Waals surface area (Å²) in [7, 11) is 0. The fourth-order valence-electron chi connectivity index (χ4n) is 3.47. The standard InChI is InChI=1S/C27H21Br2N3O4/c1-2-35-25(33)16-36-26-21(28)12-17(13-22(26)29)15-30-32-27(34)20-14-24(18-8-4-3-5-9-18)31-23-11-7-6-10-19(20)23/h3-15H,2,16H2,1H3,(H,32,34)/b30-15+. The van der Waals surface area contributed by atoms with Crippen molar-refractivity contribution in [1.82, 2.24) is 10.4 Å². The van der Waals surface area contributed by atoms with Gasteiger partial charge >= 0.3 is 5.97 Å². The van der Waals surface area contributed by atoms with Gasteiger partial charge in [0.05, 0.1) is 38.5 Å². The highest BCUT2D eigenvalue weighted by Crippen LogP contribution is 2.34. The normalized spacial score (nSPS) is 11.0. The number of hydrogen-bond acceptors (Lipinski definition) is 6. The van der Waals surface area contributed by atoms with Crippen LogP contribution in [0.15, 0.2) is 86.8 Å². The first-order chi connectivity index (χ1) is 17.5. The number of halogens is 2. The molecule has 0 spiro atoms. The number of hydrazone groups is 1. The zero-order valence-corrected chi connectivity index (χ0v) is 22.4. The molecule has 36 heavy (non-hydrogen) atoms. The van der Waals surface area contributed by atoms with Crippen LogP contribution in [0.4, 0.5) is 0 Å². The highest BCUT2D eigenvalue weighted by atomic mass is 79.9. The van der Waals surface area contributed by atoms with Crippen LogP contribution in [0.25, 0.3) is 22.2 Å². The van der Waals surface area contributed by atoms with Gasteiger partial charge in [0, 0.05) is 10.9 Å². The summed E-state index contributed by atoms with van der Waals surface area (Å²) >= 11 is 6.88. The van der Waals surface area contributed by atoms with Crippen molar-refractivity contribution in [2.24, 2.45) is 5.10 Å². The maximum absolute atomic E-state index is 13.1. The lowest BCUT2D eigenvalue weighted by Gasteiger charge is -2.11. The van der Waals surface area contributed by atoms with Crippen molar-refractivity contribution < 1.29 is 19.1 Å². The van der Waals surface area contributed by atoms with Crippen LogP contribution in [-0.2, 0) is 9.53 Å². The molecule has 0 aliphatic heterocycles. The van der Waals surface area contributed by atoms with Crippen molar-refractivity contribution in [2.45, 2.75) is 6.92 Å². The molecule has 1 aromatic heterocycles. The van der Waals surface area contributed by atoms with Gasteiger partial charge in [-0.1, -0.05) is 48.5 Å². The largest absolute Gasteiger partial charge is 0.480 e. The van der Waals surface area contributed by atoms with Crippen molar-refractivity contribution in [2.75, 3.05) is 13.2 Å². The van der Waals surface area contributed by atoms with E-state index < -0.39 is 5.97 Å². The molecule has 4 rings (SSSR count). The Labute approximate surface area is 224 Å². The van der Waals surface area contributed by atoms with Crippen molar-refractivity contribution >= 4 is 60.9 Å². The van der Waals surface area contributed by atoms with Gasteiger partial charge in [0.2, 0.25) is 0 Å². The second-order valence-corrected chi connectivity index (χ2v) is 9.25. The number of nitrogens with one attached hydrogen (secondary N) is 1.